The Morgan fingerprint density at radius 2 is 2.11 bits per heavy atom. The lowest BCUT2D eigenvalue weighted by molar-refractivity contribution is -0.178. The van der Waals surface area contributed by atoms with Crippen LogP contribution in [-0.2, 0) is 9.47 Å². The quantitative estimate of drug-likeness (QED) is 0.821. The van der Waals surface area contributed by atoms with Crippen molar-refractivity contribution in [3.05, 3.63) is 29.8 Å². The minimum atomic E-state index is -0.584. The van der Waals surface area contributed by atoms with Gasteiger partial charge in [-0.15, -0.1) is 0 Å². The monoisotopic (exact) mass is 247 g/mol. The van der Waals surface area contributed by atoms with E-state index < -0.39 is 6.10 Å². The third-order valence-corrected chi connectivity index (χ3v) is 2.96. The molecule has 0 aliphatic carbocycles. The fraction of sp³-hybridized carbons (Fsp3) is 0.500. The van der Waals surface area contributed by atoms with Gasteiger partial charge in [-0.2, -0.15) is 5.26 Å². The molecule has 0 radical (unpaired) electrons. The normalized spacial score (nSPS) is 21.0. The number of benzene rings is 1. The molecular weight excluding hydrogens is 230 g/mol. The summed E-state index contributed by atoms with van der Waals surface area (Å²) in [7, 11) is 1.61. The number of methoxy groups -OCH3 is 1. The van der Waals surface area contributed by atoms with E-state index in [1.54, 1.807) is 7.11 Å². The first-order valence-corrected chi connectivity index (χ1v) is 6.14. The van der Waals surface area contributed by atoms with Crippen LogP contribution in [0.15, 0.2) is 24.3 Å². The number of hydrogen-bond acceptors (Lipinski definition) is 4. The highest BCUT2D eigenvalue weighted by atomic mass is 16.7. The first-order valence-electron chi connectivity index (χ1n) is 6.14. The topological polar surface area (TPSA) is 51.5 Å². The minimum absolute atomic E-state index is 0.259. The van der Waals surface area contributed by atoms with Gasteiger partial charge in [-0.25, -0.2) is 0 Å². The summed E-state index contributed by atoms with van der Waals surface area (Å²) < 4.78 is 16.2. The summed E-state index contributed by atoms with van der Waals surface area (Å²) in [5, 5.41) is 9.17. The highest BCUT2D eigenvalue weighted by molar-refractivity contribution is 5.30. The average Bonchev–Trinajstić information content (AvgIpc) is 2.46. The summed E-state index contributed by atoms with van der Waals surface area (Å²) in [4.78, 5) is 0. The zero-order chi connectivity index (χ0) is 12.8. The van der Waals surface area contributed by atoms with Gasteiger partial charge in [0.05, 0.1) is 13.2 Å². The Morgan fingerprint density at radius 1 is 1.33 bits per heavy atom. The fourth-order valence-corrected chi connectivity index (χ4v) is 1.93. The van der Waals surface area contributed by atoms with Crippen LogP contribution in [0.5, 0.6) is 5.75 Å². The highest BCUT2D eigenvalue weighted by Crippen LogP contribution is 2.24. The van der Waals surface area contributed by atoms with Crippen LogP contribution in [0.3, 0.4) is 0 Å². The van der Waals surface area contributed by atoms with Gasteiger partial charge in [0.1, 0.15) is 5.75 Å². The standard InChI is InChI=1S/C14H17NO3/c1-16-12-7-5-11(6-8-12)13(10-15)18-14-4-2-3-9-17-14/h5-8,13-14H,2-4,9H2,1H3. The van der Waals surface area contributed by atoms with E-state index in [0.29, 0.717) is 6.61 Å². The Kier molecular flexibility index (Phi) is 4.57. The largest absolute Gasteiger partial charge is 0.497 e. The summed E-state index contributed by atoms with van der Waals surface area (Å²) >= 11 is 0. The summed E-state index contributed by atoms with van der Waals surface area (Å²) in [6.45, 7) is 0.714. The van der Waals surface area contributed by atoms with E-state index in [2.05, 4.69) is 6.07 Å². The van der Waals surface area contributed by atoms with Gasteiger partial charge >= 0.3 is 0 Å². The average molecular weight is 247 g/mol. The summed E-state index contributed by atoms with van der Waals surface area (Å²) in [5.41, 5.74) is 0.826. The van der Waals surface area contributed by atoms with Gasteiger partial charge in [0.15, 0.2) is 12.4 Å². The maximum absolute atomic E-state index is 9.17. The molecule has 0 bridgehead atoms. The molecule has 0 aromatic heterocycles. The molecule has 1 aromatic rings. The molecule has 2 atom stereocenters. The smallest absolute Gasteiger partial charge is 0.172 e. The van der Waals surface area contributed by atoms with E-state index in [-0.39, 0.29) is 6.29 Å². The van der Waals surface area contributed by atoms with Crippen LogP contribution in [0, 0.1) is 11.3 Å². The van der Waals surface area contributed by atoms with Crippen LogP contribution in [0.25, 0.3) is 0 Å². The molecule has 1 fully saturated rings. The summed E-state index contributed by atoms with van der Waals surface area (Å²) in [6, 6.07) is 9.49. The number of nitrogens with zero attached hydrogens (tertiary/aromatic N) is 1. The Morgan fingerprint density at radius 3 is 2.67 bits per heavy atom. The SMILES string of the molecule is COc1ccc(C(C#N)OC2CCCCO2)cc1. The Hall–Kier alpha value is -1.57. The summed E-state index contributed by atoms with van der Waals surface area (Å²) in [5.74, 6) is 0.768. The number of nitriles is 1. The lowest BCUT2D eigenvalue weighted by Crippen LogP contribution is -2.24. The van der Waals surface area contributed by atoms with Crippen molar-refractivity contribution in [2.45, 2.75) is 31.7 Å². The maximum Gasteiger partial charge on any atom is 0.172 e. The molecule has 2 unspecified atom stereocenters. The van der Waals surface area contributed by atoms with E-state index in [1.807, 2.05) is 24.3 Å². The number of hydrogen-bond donors (Lipinski definition) is 0. The molecule has 0 spiro atoms. The van der Waals surface area contributed by atoms with Crippen molar-refractivity contribution in [1.29, 1.82) is 5.26 Å². The van der Waals surface area contributed by atoms with E-state index in [9.17, 15) is 5.26 Å². The van der Waals surface area contributed by atoms with Crippen molar-refractivity contribution < 1.29 is 14.2 Å². The molecule has 0 amide bonds. The van der Waals surface area contributed by atoms with E-state index in [0.717, 1.165) is 30.6 Å². The van der Waals surface area contributed by atoms with Gasteiger partial charge in [0.25, 0.3) is 0 Å². The Bertz CT molecular complexity index is 404. The molecule has 4 nitrogen and oxygen atoms in total. The second-order valence-corrected chi connectivity index (χ2v) is 4.21. The third-order valence-electron chi connectivity index (χ3n) is 2.96. The molecule has 2 rings (SSSR count). The molecule has 0 saturated carbocycles. The second kappa shape index (κ2) is 6.39. The lowest BCUT2D eigenvalue weighted by Gasteiger charge is -2.25. The van der Waals surface area contributed by atoms with Crippen LogP contribution < -0.4 is 4.74 Å². The van der Waals surface area contributed by atoms with Gasteiger partial charge in [-0.3, -0.25) is 0 Å². The van der Waals surface area contributed by atoms with Crippen LogP contribution in [0.2, 0.25) is 0 Å². The van der Waals surface area contributed by atoms with Crippen molar-refractivity contribution in [2.24, 2.45) is 0 Å². The molecule has 1 aromatic carbocycles. The minimum Gasteiger partial charge on any atom is -0.497 e. The maximum atomic E-state index is 9.17. The van der Waals surface area contributed by atoms with E-state index in [4.69, 9.17) is 14.2 Å². The van der Waals surface area contributed by atoms with Crippen molar-refractivity contribution in [2.75, 3.05) is 13.7 Å². The van der Waals surface area contributed by atoms with Gasteiger partial charge < -0.3 is 14.2 Å². The van der Waals surface area contributed by atoms with Crippen LogP contribution in [-0.4, -0.2) is 20.0 Å². The number of rotatable bonds is 4. The molecule has 96 valence electrons. The Balaban J connectivity index is 2.00. The third kappa shape index (κ3) is 3.22. The summed E-state index contributed by atoms with van der Waals surface area (Å²) in [6.07, 6.45) is 2.17. The molecule has 1 aliphatic heterocycles. The van der Waals surface area contributed by atoms with Crippen molar-refractivity contribution in [1.82, 2.24) is 0 Å². The predicted molar refractivity (Wildman–Crippen MR) is 66.0 cm³/mol. The van der Waals surface area contributed by atoms with Gasteiger partial charge in [-0.05, 0) is 37.0 Å². The van der Waals surface area contributed by atoms with E-state index in [1.165, 1.54) is 0 Å². The first-order chi connectivity index (χ1) is 8.83. The molecule has 1 saturated heterocycles. The van der Waals surface area contributed by atoms with Crippen molar-refractivity contribution in [3.8, 4) is 11.8 Å². The number of ether oxygens (including phenoxy) is 3. The van der Waals surface area contributed by atoms with Gasteiger partial charge in [-0.1, -0.05) is 12.1 Å². The first kappa shape index (κ1) is 12.9. The van der Waals surface area contributed by atoms with E-state index >= 15 is 0 Å². The van der Waals surface area contributed by atoms with Gasteiger partial charge in [0, 0.05) is 6.61 Å². The fourth-order valence-electron chi connectivity index (χ4n) is 1.93. The van der Waals surface area contributed by atoms with Crippen molar-refractivity contribution >= 4 is 0 Å². The molecule has 1 heterocycles. The van der Waals surface area contributed by atoms with Gasteiger partial charge in [0.2, 0.25) is 0 Å². The van der Waals surface area contributed by atoms with Crippen LogP contribution in [0.1, 0.15) is 30.9 Å². The molecular formula is C14H17NO3. The lowest BCUT2D eigenvalue weighted by atomic mass is 10.1. The Labute approximate surface area is 107 Å². The highest BCUT2D eigenvalue weighted by Gasteiger charge is 2.20. The zero-order valence-corrected chi connectivity index (χ0v) is 10.5. The molecule has 4 heteroatoms. The zero-order valence-electron chi connectivity index (χ0n) is 10.5. The van der Waals surface area contributed by atoms with Crippen molar-refractivity contribution in [3.63, 3.8) is 0 Å². The molecule has 0 N–H and O–H groups in total. The van der Waals surface area contributed by atoms with Crippen LogP contribution in [0.4, 0.5) is 0 Å². The predicted octanol–water partition coefficient (Wildman–Crippen LogP) is 2.80. The molecule has 18 heavy (non-hydrogen) atoms. The van der Waals surface area contributed by atoms with Crippen LogP contribution >= 0.6 is 0 Å². The molecule has 1 aliphatic rings. The second-order valence-electron chi connectivity index (χ2n) is 4.21.